The summed E-state index contributed by atoms with van der Waals surface area (Å²) >= 11 is 0. The number of carbonyl (C=O) groups excluding carboxylic acids is 1. The highest BCUT2D eigenvalue weighted by atomic mass is 16.5. The number of amides is 1. The molecule has 0 radical (unpaired) electrons. The number of methoxy groups -OCH3 is 1. The first-order chi connectivity index (χ1) is 10.3. The van der Waals surface area contributed by atoms with Crippen molar-refractivity contribution >= 4 is 11.6 Å². The molecule has 110 valence electrons. The van der Waals surface area contributed by atoms with Gasteiger partial charge in [0, 0.05) is 43.7 Å². The second-order valence-corrected chi connectivity index (χ2v) is 4.56. The van der Waals surface area contributed by atoms with Gasteiger partial charge in [0.25, 0.3) is 0 Å². The van der Waals surface area contributed by atoms with Crippen LogP contribution < -0.4 is 15.4 Å². The Hall–Kier alpha value is -2.40. The van der Waals surface area contributed by atoms with Crippen molar-refractivity contribution in [2.24, 2.45) is 0 Å². The fourth-order valence-corrected chi connectivity index (χ4v) is 1.86. The van der Waals surface area contributed by atoms with Crippen LogP contribution in [0.2, 0.25) is 0 Å². The van der Waals surface area contributed by atoms with E-state index in [9.17, 15) is 4.79 Å². The first-order valence-electron chi connectivity index (χ1n) is 6.81. The predicted molar refractivity (Wildman–Crippen MR) is 82.2 cm³/mol. The Labute approximate surface area is 124 Å². The average Bonchev–Trinajstić information content (AvgIpc) is 2.53. The van der Waals surface area contributed by atoms with Gasteiger partial charge in [-0.25, -0.2) is 0 Å². The van der Waals surface area contributed by atoms with Crippen molar-refractivity contribution in [2.75, 3.05) is 19.0 Å². The minimum atomic E-state index is -0.0227. The van der Waals surface area contributed by atoms with E-state index in [4.69, 9.17) is 4.74 Å². The maximum Gasteiger partial charge on any atom is 0.225 e. The number of ether oxygens (including phenoxy) is 1. The van der Waals surface area contributed by atoms with E-state index in [1.807, 2.05) is 30.3 Å². The average molecular weight is 285 g/mol. The van der Waals surface area contributed by atoms with E-state index >= 15 is 0 Å². The van der Waals surface area contributed by atoms with Gasteiger partial charge in [-0.3, -0.25) is 9.78 Å². The second-order valence-electron chi connectivity index (χ2n) is 4.56. The first kappa shape index (κ1) is 15.0. The smallest absolute Gasteiger partial charge is 0.225 e. The molecule has 0 aliphatic heterocycles. The number of hydrogen-bond donors (Lipinski definition) is 2. The predicted octanol–water partition coefficient (Wildman–Crippen LogP) is 2.21. The zero-order chi connectivity index (χ0) is 14.9. The molecule has 2 aromatic rings. The SMILES string of the molecule is COc1cccc(NC(=O)CCNCc2ccncc2)c1. The van der Waals surface area contributed by atoms with Gasteiger partial charge in [-0.05, 0) is 29.8 Å². The Morgan fingerprint density at radius 1 is 1.24 bits per heavy atom. The molecular weight excluding hydrogens is 266 g/mol. The number of hydrogen-bond acceptors (Lipinski definition) is 4. The van der Waals surface area contributed by atoms with Crippen molar-refractivity contribution in [3.63, 3.8) is 0 Å². The summed E-state index contributed by atoms with van der Waals surface area (Å²) in [5.41, 5.74) is 1.90. The number of benzene rings is 1. The van der Waals surface area contributed by atoms with Crippen LogP contribution in [0.4, 0.5) is 5.69 Å². The summed E-state index contributed by atoms with van der Waals surface area (Å²) in [6, 6.07) is 11.2. The third-order valence-electron chi connectivity index (χ3n) is 2.96. The Morgan fingerprint density at radius 3 is 2.81 bits per heavy atom. The summed E-state index contributed by atoms with van der Waals surface area (Å²) in [6.45, 7) is 1.35. The Bertz CT molecular complexity index is 573. The van der Waals surface area contributed by atoms with Crippen LogP contribution in [0.5, 0.6) is 5.75 Å². The van der Waals surface area contributed by atoms with Gasteiger partial charge in [-0.1, -0.05) is 6.07 Å². The fourth-order valence-electron chi connectivity index (χ4n) is 1.86. The Morgan fingerprint density at radius 2 is 2.05 bits per heavy atom. The quantitative estimate of drug-likeness (QED) is 0.766. The molecule has 2 rings (SSSR count). The minimum Gasteiger partial charge on any atom is -0.497 e. The molecule has 21 heavy (non-hydrogen) atoms. The zero-order valence-electron chi connectivity index (χ0n) is 12.0. The number of pyridine rings is 1. The third-order valence-corrected chi connectivity index (χ3v) is 2.96. The minimum absolute atomic E-state index is 0.0227. The lowest BCUT2D eigenvalue weighted by Crippen LogP contribution is -2.21. The van der Waals surface area contributed by atoms with E-state index in [-0.39, 0.29) is 5.91 Å². The van der Waals surface area contributed by atoms with Crippen molar-refractivity contribution in [3.8, 4) is 5.75 Å². The lowest BCUT2D eigenvalue weighted by molar-refractivity contribution is -0.116. The molecular formula is C16H19N3O2. The summed E-state index contributed by atoms with van der Waals surface area (Å²) < 4.78 is 5.12. The van der Waals surface area contributed by atoms with E-state index in [1.165, 1.54) is 0 Å². The summed E-state index contributed by atoms with van der Waals surface area (Å²) in [5, 5.41) is 6.07. The van der Waals surface area contributed by atoms with Crippen LogP contribution in [0.1, 0.15) is 12.0 Å². The number of rotatable bonds is 7. The monoisotopic (exact) mass is 285 g/mol. The van der Waals surface area contributed by atoms with Crippen molar-refractivity contribution in [1.29, 1.82) is 0 Å². The summed E-state index contributed by atoms with van der Waals surface area (Å²) in [5.74, 6) is 0.703. The number of nitrogens with zero attached hydrogens (tertiary/aromatic N) is 1. The van der Waals surface area contributed by atoms with E-state index in [1.54, 1.807) is 25.6 Å². The van der Waals surface area contributed by atoms with Gasteiger partial charge < -0.3 is 15.4 Å². The summed E-state index contributed by atoms with van der Waals surface area (Å²) in [4.78, 5) is 15.8. The van der Waals surface area contributed by atoms with E-state index < -0.39 is 0 Å². The van der Waals surface area contributed by atoms with Crippen molar-refractivity contribution in [1.82, 2.24) is 10.3 Å². The van der Waals surface area contributed by atoms with Crippen LogP contribution in [0, 0.1) is 0 Å². The van der Waals surface area contributed by atoms with Crippen molar-refractivity contribution < 1.29 is 9.53 Å². The Balaban J connectivity index is 1.70. The third kappa shape index (κ3) is 5.24. The number of carbonyl (C=O) groups is 1. The number of nitrogens with one attached hydrogen (secondary N) is 2. The molecule has 1 amide bonds. The molecule has 2 N–H and O–H groups in total. The molecule has 0 unspecified atom stereocenters. The highest BCUT2D eigenvalue weighted by Gasteiger charge is 2.03. The van der Waals surface area contributed by atoms with Crippen LogP contribution in [0.3, 0.4) is 0 Å². The summed E-state index contributed by atoms with van der Waals surface area (Å²) in [7, 11) is 1.60. The van der Waals surface area contributed by atoms with Crippen LogP contribution in [-0.4, -0.2) is 24.5 Å². The maximum absolute atomic E-state index is 11.8. The standard InChI is InChI=1S/C16H19N3O2/c1-21-15-4-2-3-14(11-15)19-16(20)7-10-18-12-13-5-8-17-9-6-13/h2-6,8-9,11,18H,7,10,12H2,1H3,(H,19,20). The largest absolute Gasteiger partial charge is 0.497 e. The first-order valence-corrected chi connectivity index (χ1v) is 6.81. The molecule has 0 aliphatic carbocycles. The molecule has 5 heteroatoms. The van der Waals surface area contributed by atoms with Gasteiger partial charge in [0.15, 0.2) is 0 Å². The molecule has 0 saturated carbocycles. The molecule has 0 spiro atoms. The molecule has 1 aromatic heterocycles. The van der Waals surface area contributed by atoms with E-state index in [0.29, 0.717) is 13.0 Å². The van der Waals surface area contributed by atoms with E-state index in [0.717, 1.165) is 23.5 Å². The lowest BCUT2D eigenvalue weighted by Gasteiger charge is -2.08. The number of anilines is 1. The second kappa shape index (κ2) is 8.01. The molecule has 0 aliphatic rings. The molecule has 1 heterocycles. The van der Waals surface area contributed by atoms with Gasteiger partial charge in [-0.2, -0.15) is 0 Å². The molecule has 0 fully saturated rings. The van der Waals surface area contributed by atoms with Crippen LogP contribution >= 0.6 is 0 Å². The molecule has 5 nitrogen and oxygen atoms in total. The highest BCUT2D eigenvalue weighted by molar-refractivity contribution is 5.90. The fraction of sp³-hybridized carbons (Fsp3) is 0.250. The van der Waals surface area contributed by atoms with Gasteiger partial charge in [-0.15, -0.1) is 0 Å². The molecule has 0 saturated heterocycles. The lowest BCUT2D eigenvalue weighted by atomic mass is 10.2. The van der Waals surface area contributed by atoms with Gasteiger partial charge in [0.05, 0.1) is 7.11 Å². The van der Waals surface area contributed by atoms with Crippen molar-refractivity contribution in [3.05, 3.63) is 54.4 Å². The summed E-state index contributed by atoms with van der Waals surface area (Å²) in [6.07, 6.45) is 3.93. The number of aromatic nitrogens is 1. The topological polar surface area (TPSA) is 63.2 Å². The van der Waals surface area contributed by atoms with Gasteiger partial charge >= 0.3 is 0 Å². The van der Waals surface area contributed by atoms with Gasteiger partial charge in [0.1, 0.15) is 5.75 Å². The van der Waals surface area contributed by atoms with Crippen LogP contribution in [0.15, 0.2) is 48.8 Å². The molecule has 0 bridgehead atoms. The van der Waals surface area contributed by atoms with Gasteiger partial charge in [0.2, 0.25) is 5.91 Å². The molecule has 0 atom stereocenters. The maximum atomic E-state index is 11.8. The van der Waals surface area contributed by atoms with E-state index in [2.05, 4.69) is 15.6 Å². The normalized spacial score (nSPS) is 10.1. The zero-order valence-corrected chi connectivity index (χ0v) is 12.0. The van der Waals surface area contributed by atoms with Crippen LogP contribution in [0.25, 0.3) is 0 Å². The highest BCUT2D eigenvalue weighted by Crippen LogP contribution is 2.16. The Kier molecular flexibility index (Phi) is 5.72. The van der Waals surface area contributed by atoms with Crippen molar-refractivity contribution in [2.45, 2.75) is 13.0 Å². The van der Waals surface area contributed by atoms with Crippen LogP contribution in [-0.2, 0) is 11.3 Å². The molecule has 1 aromatic carbocycles.